The van der Waals surface area contributed by atoms with E-state index < -0.39 is 6.03 Å². The van der Waals surface area contributed by atoms with Crippen molar-refractivity contribution in [2.24, 2.45) is 10.7 Å². The van der Waals surface area contributed by atoms with Crippen molar-refractivity contribution in [3.63, 3.8) is 0 Å². The molecule has 4 rings (SSSR count). The number of rotatable bonds is 3. The lowest BCUT2D eigenvalue weighted by molar-refractivity contribution is -0.504. The molecule has 0 unspecified atom stereocenters. The number of urea groups is 1. The lowest BCUT2D eigenvalue weighted by Crippen LogP contribution is -2.34. The number of benzene rings is 1. The maximum Gasteiger partial charge on any atom is 0.316 e. The van der Waals surface area contributed by atoms with Crippen molar-refractivity contribution < 1.29 is 9.37 Å². The summed E-state index contributed by atoms with van der Waals surface area (Å²) in [6.45, 7) is 5.89. The van der Waals surface area contributed by atoms with Gasteiger partial charge in [-0.15, -0.1) is 0 Å². The van der Waals surface area contributed by atoms with Crippen LogP contribution in [0.4, 0.5) is 16.3 Å². The summed E-state index contributed by atoms with van der Waals surface area (Å²) in [4.78, 5) is 16.3. The monoisotopic (exact) mass is 404 g/mol. The maximum absolute atomic E-state index is 11.6. The average Bonchev–Trinajstić information content (AvgIpc) is 3.34. The molecule has 1 saturated heterocycles. The van der Waals surface area contributed by atoms with E-state index >= 15 is 0 Å². The number of primary amides is 1. The van der Waals surface area contributed by atoms with Crippen molar-refractivity contribution in [2.45, 2.75) is 26.7 Å². The number of aryl methyl sites for hydroxylation is 2. The smallest absolute Gasteiger partial charge is 0.316 e. The summed E-state index contributed by atoms with van der Waals surface area (Å²) in [6.07, 6.45) is 8.12. The summed E-state index contributed by atoms with van der Waals surface area (Å²) in [6, 6.07) is 7.31. The SMILES string of the molecule is Cc1ccc(-n2nc(C)c(N=C3C=CC(=[N+]4CCCC4)C=C3NC(N)=O)c2N)cc1. The molecule has 1 aromatic heterocycles. The van der Waals surface area contributed by atoms with Gasteiger partial charge in [-0.2, -0.15) is 5.10 Å². The lowest BCUT2D eigenvalue weighted by atomic mass is 10.1. The molecule has 0 atom stereocenters. The zero-order valence-corrected chi connectivity index (χ0v) is 17.2. The summed E-state index contributed by atoms with van der Waals surface area (Å²) < 4.78 is 3.96. The molecule has 0 bridgehead atoms. The molecule has 1 fully saturated rings. The quantitative estimate of drug-likeness (QED) is 0.539. The van der Waals surface area contributed by atoms with Gasteiger partial charge in [0, 0.05) is 25.0 Å². The number of carbonyl (C=O) groups excluding carboxylic acids is 1. The Morgan fingerprint density at radius 2 is 1.87 bits per heavy atom. The van der Waals surface area contributed by atoms with Crippen LogP contribution in [0.15, 0.2) is 53.2 Å². The fraction of sp³-hybridized carbons (Fsp3) is 0.273. The van der Waals surface area contributed by atoms with Gasteiger partial charge in [0.25, 0.3) is 0 Å². The fourth-order valence-corrected chi connectivity index (χ4v) is 3.70. The van der Waals surface area contributed by atoms with Gasteiger partial charge in [-0.3, -0.25) is 0 Å². The second-order valence-electron chi connectivity index (χ2n) is 7.56. The number of nitrogen functional groups attached to an aromatic ring is 1. The third-order valence-electron chi connectivity index (χ3n) is 5.28. The van der Waals surface area contributed by atoms with Crippen molar-refractivity contribution in [3.05, 3.63) is 59.4 Å². The molecule has 154 valence electrons. The van der Waals surface area contributed by atoms with Gasteiger partial charge >= 0.3 is 6.03 Å². The van der Waals surface area contributed by atoms with E-state index in [0.29, 0.717) is 28.6 Å². The van der Waals surface area contributed by atoms with Crippen LogP contribution < -0.4 is 16.8 Å². The van der Waals surface area contributed by atoms with Crippen molar-refractivity contribution in [1.29, 1.82) is 0 Å². The average molecular weight is 404 g/mol. The highest BCUT2D eigenvalue weighted by atomic mass is 16.2. The maximum atomic E-state index is 11.6. The molecule has 8 nitrogen and oxygen atoms in total. The molecule has 1 aromatic carbocycles. The highest BCUT2D eigenvalue weighted by Crippen LogP contribution is 2.30. The minimum Gasteiger partial charge on any atom is -0.382 e. The van der Waals surface area contributed by atoms with Crippen LogP contribution in [-0.2, 0) is 0 Å². The van der Waals surface area contributed by atoms with Gasteiger partial charge in [-0.1, -0.05) is 17.7 Å². The number of allylic oxidation sites excluding steroid dienone is 3. The fourth-order valence-electron chi connectivity index (χ4n) is 3.70. The van der Waals surface area contributed by atoms with Gasteiger partial charge in [0.05, 0.1) is 22.8 Å². The second-order valence-corrected chi connectivity index (χ2v) is 7.56. The van der Waals surface area contributed by atoms with E-state index in [1.165, 1.54) is 12.8 Å². The summed E-state index contributed by atoms with van der Waals surface area (Å²) in [5.74, 6) is 0.435. The van der Waals surface area contributed by atoms with Crippen LogP contribution in [-0.4, -0.2) is 44.9 Å². The Morgan fingerprint density at radius 1 is 1.17 bits per heavy atom. The van der Waals surface area contributed by atoms with Crippen molar-refractivity contribution in [2.75, 3.05) is 18.8 Å². The Kier molecular flexibility index (Phi) is 5.22. The van der Waals surface area contributed by atoms with Crippen LogP contribution in [0.1, 0.15) is 24.1 Å². The number of hydrogen-bond acceptors (Lipinski definition) is 4. The summed E-state index contributed by atoms with van der Waals surface area (Å²) in [5.41, 5.74) is 17.2. The summed E-state index contributed by atoms with van der Waals surface area (Å²) in [5, 5.41) is 7.25. The number of hydrogen-bond donors (Lipinski definition) is 3. The highest BCUT2D eigenvalue weighted by Gasteiger charge is 2.22. The number of aromatic nitrogens is 2. The minimum atomic E-state index is -0.634. The minimum absolute atomic E-state index is 0.435. The molecule has 8 heteroatoms. The van der Waals surface area contributed by atoms with E-state index in [2.05, 4.69) is 15.0 Å². The van der Waals surface area contributed by atoms with Gasteiger partial charge < -0.3 is 16.8 Å². The molecule has 30 heavy (non-hydrogen) atoms. The number of amides is 2. The predicted molar refractivity (Wildman–Crippen MR) is 119 cm³/mol. The van der Waals surface area contributed by atoms with Crippen LogP contribution in [0.25, 0.3) is 5.69 Å². The molecule has 0 saturated carbocycles. The molecule has 1 aliphatic heterocycles. The number of nitrogens with one attached hydrogen (secondary N) is 1. The zero-order valence-electron chi connectivity index (χ0n) is 17.2. The van der Waals surface area contributed by atoms with Crippen LogP contribution in [0, 0.1) is 13.8 Å². The zero-order chi connectivity index (χ0) is 21.3. The predicted octanol–water partition coefficient (Wildman–Crippen LogP) is 2.51. The molecular formula is C22H26N7O+. The summed E-state index contributed by atoms with van der Waals surface area (Å²) >= 11 is 0. The standard InChI is InChI=1S/C22H25N7O/c1-14-5-7-16(8-6-14)29-21(23)20(15(2)27-29)25-18-10-9-17(28-11-3-4-12-28)13-19(18)26-22(24)30/h5-10,13H,3-4,11-12H2,1-2H3,(H4,23,24,26,27,30)/p+1. The van der Waals surface area contributed by atoms with Gasteiger partial charge in [0.15, 0.2) is 5.82 Å². The molecule has 0 radical (unpaired) electrons. The first-order valence-corrected chi connectivity index (χ1v) is 10.0. The first kappa shape index (κ1) is 19.6. The normalized spacial score (nSPS) is 17.5. The molecule has 1 aliphatic carbocycles. The summed E-state index contributed by atoms with van der Waals surface area (Å²) in [7, 11) is 0. The van der Waals surface area contributed by atoms with E-state index in [0.717, 1.165) is 30.1 Å². The van der Waals surface area contributed by atoms with E-state index in [4.69, 9.17) is 16.5 Å². The largest absolute Gasteiger partial charge is 0.382 e. The molecule has 2 aliphatic rings. The van der Waals surface area contributed by atoms with Gasteiger partial charge in [-0.25, -0.2) is 19.0 Å². The van der Waals surface area contributed by atoms with E-state index in [1.54, 1.807) is 4.68 Å². The second kappa shape index (κ2) is 7.98. The Hall–Kier alpha value is -3.68. The van der Waals surface area contributed by atoms with Crippen LogP contribution in [0.5, 0.6) is 0 Å². The number of nitrogens with two attached hydrogens (primary N) is 2. The first-order chi connectivity index (χ1) is 14.4. The van der Waals surface area contributed by atoms with Crippen molar-refractivity contribution >= 4 is 29.0 Å². The molecule has 2 heterocycles. The Bertz CT molecular complexity index is 1110. The Balaban J connectivity index is 1.74. The van der Waals surface area contributed by atoms with Crippen LogP contribution >= 0.6 is 0 Å². The van der Waals surface area contributed by atoms with Gasteiger partial charge in [0.2, 0.25) is 5.71 Å². The van der Waals surface area contributed by atoms with Crippen molar-refractivity contribution in [1.82, 2.24) is 15.1 Å². The third kappa shape index (κ3) is 3.89. The lowest BCUT2D eigenvalue weighted by Gasteiger charge is -2.12. The van der Waals surface area contributed by atoms with Crippen LogP contribution in [0.3, 0.4) is 0 Å². The van der Waals surface area contributed by atoms with Crippen molar-refractivity contribution in [3.8, 4) is 5.69 Å². The number of anilines is 1. The van der Waals surface area contributed by atoms with E-state index in [-0.39, 0.29) is 0 Å². The molecular weight excluding hydrogens is 378 g/mol. The van der Waals surface area contributed by atoms with E-state index in [9.17, 15) is 4.79 Å². The first-order valence-electron chi connectivity index (χ1n) is 10.0. The highest BCUT2D eigenvalue weighted by molar-refractivity contribution is 6.21. The molecule has 2 aromatic rings. The van der Waals surface area contributed by atoms with Gasteiger partial charge in [-0.05, 0) is 32.1 Å². The number of nitrogens with zero attached hydrogens (tertiary/aromatic N) is 4. The van der Waals surface area contributed by atoms with E-state index in [1.807, 2.05) is 56.3 Å². The number of aliphatic imine (C=N–C) groups is 1. The Labute approximate surface area is 175 Å². The molecule has 2 amide bonds. The molecule has 0 spiro atoms. The third-order valence-corrected chi connectivity index (χ3v) is 5.28. The molecule has 5 N–H and O–H groups in total. The number of carbonyl (C=O) groups is 1. The Morgan fingerprint density at radius 3 is 2.53 bits per heavy atom. The van der Waals surface area contributed by atoms with Gasteiger partial charge in [0.1, 0.15) is 18.8 Å². The topological polar surface area (TPSA) is 114 Å². The van der Waals surface area contributed by atoms with Crippen LogP contribution in [0.2, 0.25) is 0 Å².